The summed E-state index contributed by atoms with van der Waals surface area (Å²) in [5, 5.41) is 4.38. The molecule has 1 N–H and O–H groups in total. The second-order valence-corrected chi connectivity index (χ2v) is 7.55. The standard InChI is InChI=1S/C23H22ClN3O2/c24-19-9-3-1-8-17(19)21-15-18(16-7-2-4-10-20(16)26-21)23(29)25-12-6-14-27-13-5-11-22(27)28/h1-4,7-10,15H,5-6,11-14H2,(H,25,29). The average Bonchev–Trinajstić information content (AvgIpc) is 3.15. The summed E-state index contributed by atoms with van der Waals surface area (Å²) in [7, 11) is 0. The Hall–Kier alpha value is -2.92. The molecule has 1 saturated heterocycles. The summed E-state index contributed by atoms with van der Waals surface area (Å²) in [6, 6.07) is 16.9. The minimum Gasteiger partial charge on any atom is -0.352 e. The van der Waals surface area contributed by atoms with Crippen LogP contribution in [0.25, 0.3) is 22.2 Å². The van der Waals surface area contributed by atoms with Crippen molar-refractivity contribution >= 4 is 34.3 Å². The Morgan fingerprint density at radius 3 is 2.72 bits per heavy atom. The maximum Gasteiger partial charge on any atom is 0.252 e. The normalized spacial score (nSPS) is 13.8. The van der Waals surface area contributed by atoms with Gasteiger partial charge in [-0.2, -0.15) is 0 Å². The van der Waals surface area contributed by atoms with Gasteiger partial charge >= 0.3 is 0 Å². The number of hydrogen-bond acceptors (Lipinski definition) is 3. The van der Waals surface area contributed by atoms with Gasteiger partial charge in [-0.15, -0.1) is 0 Å². The van der Waals surface area contributed by atoms with Crippen molar-refractivity contribution in [3.05, 3.63) is 65.2 Å². The zero-order valence-corrected chi connectivity index (χ0v) is 16.8. The number of aromatic nitrogens is 1. The Labute approximate surface area is 174 Å². The predicted octanol–water partition coefficient (Wildman–Crippen LogP) is 4.30. The zero-order chi connectivity index (χ0) is 20.2. The number of nitrogens with zero attached hydrogens (tertiary/aromatic N) is 2. The van der Waals surface area contributed by atoms with Crippen LogP contribution in [0.5, 0.6) is 0 Å². The Bertz CT molecular complexity index is 1070. The smallest absolute Gasteiger partial charge is 0.252 e. The molecular weight excluding hydrogens is 386 g/mol. The molecule has 6 heteroatoms. The summed E-state index contributed by atoms with van der Waals surface area (Å²) in [4.78, 5) is 31.2. The number of fused-ring (bicyclic) bond motifs is 1. The van der Waals surface area contributed by atoms with Crippen molar-refractivity contribution in [2.24, 2.45) is 0 Å². The Morgan fingerprint density at radius 2 is 1.93 bits per heavy atom. The molecule has 1 fully saturated rings. The molecule has 3 aromatic rings. The lowest BCUT2D eigenvalue weighted by molar-refractivity contribution is -0.127. The maximum atomic E-state index is 12.9. The first-order chi connectivity index (χ1) is 14.1. The molecule has 1 aromatic heterocycles. The van der Waals surface area contributed by atoms with E-state index >= 15 is 0 Å². The van der Waals surface area contributed by atoms with E-state index in [-0.39, 0.29) is 11.8 Å². The van der Waals surface area contributed by atoms with E-state index in [1.165, 1.54) is 0 Å². The number of carbonyl (C=O) groups is 2. The number of pyridine rings is 1. The fourth-order valence-electron chi connectivity index (χ4n) is 3.68. The van der Waals surface area contributed by atoms with Crippen LogP contribution in [-0.4, -0.2) is 41.3 Å². The third-order valence-corrected chi connectivity index (χ3v) is 5.50. The van der Waals surface area contributed by atoms with E-state index in [1.54, 1.807) is 6.07 Å². The summed E-state index contributed by atoms with van der Waals surface area (Å²) >= 11 is 6.35. The maximum absolute atomic E-state index is 12.9. The molecule has 0 atom stereocenters. The van der Waals surface area contributed by atoms with Crippen LogP contribution >= 0.6 is 11.6 Å². The number of para-hydroxylation sites is 1. The third kappa shape index (κ3) is 4.25. The number of halogens is 1. The highest BCUT2D eigenvalue weighted by atomic mass is 35.5. The molecule has 2 amide bonds. The monoisotopic (exact) mass is 407 g/mol. The number of nitrogens with one attached hydrogen (secondary N) is 1. The van der Waals surface area contributed by atoms with Crippen LogP contribution in [0.3, 0.4) is 0 Å². The number of likely N-dealkylation sites (tertiary alicyclic amines) is 1. The molecule has 0 bridgehead atoms. The van der Waals surface area contributed by atoms with Gasteiger partial charge in [0.1, 0.15) is 0 Å². The minimum absolute atomic E-state index is 0.148. The molecule has 148 valence electrons. The van der Waals surface area contributed by atoms with Gasteiger partial charge in [0.25, 0.3) is 5.91 Å². The molecule has 0 aliphatic carbocycles. The lowest BCUT2D eigenvalue weighted by atomic mass is 10.0. The Kier molecular flexibility index (Phi) is 5.76. The molecule has 2 aromatic carbocycles. The fourth-order valence-corrected chi connectivity index (χ4v) is 3.91. The first-order valence-corrected chi connectivity index (χ1v) is 10.2. The summed E-state index contributed by atoms with van der Waals surface area (Å²) in [6.45, 7) is 2.02. The summed E-state index contributed by atoms with van der Waals surface area (Å²) < 4.78 is 0. The highest BCUT2D eigenvalue weighted by molar-refractivity contribution is 6.33. The lowest BCUT2D eigenvalue weighted by Crippen LogP contribution is -2.30. The second kappa shape index (κ2) is 8.62. The van der Waals surface area contributed by atoms with Crippen LogP contribution in [0, 0.1) is 0 Å². The van der Waals surface area contributed by atoms with E-state index in [2.05, 4.69) is 5.32 Å². The van der Waals surface area contributed by atoms with E-state index in [9.17, 15) is 9.59 Å². The first kappa shape index (κ1) is 19.4. The van der Waals surface area contributed by atoms with E-state index in [1.807, 2.05) is 53.4 Å². The highest BCUT2D eigenvalue weighted by Crippen LogP contribution is 2.29. The quantitative estimate of drug-likeness (QED) is 0.620. The minimum atomic E-state index is -0.148. The number of hydrogen-bond donors (Lipinski definition) is 1. The summed E-state index contributed by atoms with van der Waals surface area (Å²) in [6.07, 6.45) is 2.30. The molecule has 0 radical (unpaired) electrons. The van der Waals surface area contributed by atoms with Crippen LogP contribution in [0.1, 0.15) is 29.6 Å². The van der Waals surface area contributed by atoms with Gasteiger partial charge < -0.3 is 10.2 Å². The van der Waals surface area contributed by atoms with Crippen LogP contribution in [0.4, 0.5) is 0 Å². The van der Waals surface area contributed by atoms with E-state index in [4.69, 9.17) is 16.6 Å². The average molecular weight is 408 g/mol. The molecule has 4 rings (SSSR count). The van der Waals surface area contributed by atoms with Gasteiger partial charge in [0.2, 0.25) is 5.91 Å². The molecule has 29 heavy (non-hydrogen) atoms. The molecule has 0 saturated carbocycles. The Balaban J connectivity index is 1.54. The van der Waals surface area contributed by atoms with Crippen molar-refractivity contribution in [1.82, 2.24) is 15.2 Å². The largest absolute Gasteiger partial charge is 0.352 e. The van der Waals surface area contributed by atoms with E-state index in [0.717, 1.165) is 35.9 Å². The van der Waals surface area contributed by atoms with Crippen molar-refractivity contribution in [1.29, 1.82) is 0 Å². The third-order valence-electron chi connectivity index (χ3n) is 5.17. The number of carbonyl (C=O) groups excluding carboxylic acids is 2. The summed E-state index contributed by atoms with van der Waals surface area (Å²) in [5.41, 5.74) is 2.78. The fraction of sp³-hybridized carbons (Fsp3) is 0.261. The zero-order valence-electron chi connectivity index (χ0n) is 16.0. The van der Waals surface area contributed by atoms with E-state index < -0.39 is 0 Å². The van der Waals surface area contributed by atoms with Crippen LogP contribution in [0.2, 0.25) is 5.02 Å². The van der Waals surface area contributed by atoms with Gasteiger partial charge in [0.15, 0.2) is 0 Å². The van der Waals surface area contributed by atoms with Gasteiger partial charge in [0, 0.05) is 42.0 Å². The highest BCUT2D eigenvalue weighted by Gasteiger charge is 2.19. The van der Waals surface area contributed by atoms with Gasteiger partial charge in [-0.3, -0.25) is 9.59 Å². The molecule has 0 unspecified atom stereocenters. The lowest BCUT2D eigenvalue weighted by Gasteiger charge is -2.15. The Morgan fingerprint density at radius 1 is 1.14 bits per heavy atom. The van der Waals surface area contributed by atoms with Gasteiger partial charge in [-0.1, -0.05) is 48.0 Å². The van der Waals surface area contributed by atoms with Crippen molar-refractivity contribution in [2.45, 2.75) is 19.3 Å². The van der Waals surface area contributed by atoms with Crippen molar-refractivity contribution < 1.29 is 9.59 Å². The molecule has 0 spiro atoms. The van der Waals surface area contributed by atoms with Gasteiger partial charge in [-0.05, 0) is 31.0 Å². The molecular formula is C23H22ClN3O2. The van der Waals surface area contributed by atoms with Crippen molar-refractivity contribution in [3.63, 3.8) is 0 Å². The van der Waals surface area contributed by atoms with Crippen LogP contribution in [0.15, 0.2) is 54.6 Å². The number of amides is 2. The van der Waals surface area contributed by atoms with E-state index in [0.29, 0.717) is 35.8 Å². The predicted molar refractivity (Wildman–Crippen MR) is 115 cm³/mol. The SMILES string of the molecule is O=C(NCCCN1CCCC1=O)c1cc(-c2ccccc2Cl)nc2ccccc12. The molecule has 5 nitrogen and oxygen atoms in total. The van der Waals surface area contributed by atoms with Crippen molar-refractivity contribution in [3.8, 4) is 11.3 Å². The van der Waals surface area contributed by atoms with Crippen LogP contribution < -0.4 is 5.32 Å². The van der Waals surface area contributed by atoms with Gasteiger partial charge in [0.05, 0.1) is 16.8 Å². The number of benzene rings is 2. The van der Waals surface area contributed by atoms with Gasteiger partial charge in [-0.25, -0.2) is 4.98 Å². The topological polar surface area (TPSA) is 62.3 Å². The molecule has 1 aliphatic heterocycles. The second-order valence-electron chi connectivity index (χ2n) is 7.15. The first-order valence-electron chi connectivity index (χ1n) is 9.84. The summed E-state index contributed by atoms with van der Waals surface area (Å²) in [5.74, 6) is 0.0606. The van der Waals surface area contributed by atoms with Crippen LogP contribution in [-0.2, 0) is 4.79 Å². The van der Waals surface area contributed by atoms with Crippen molar-refractivity contribution in [2.75, 3.05) is 19.6 Å². The molecule has 2 heterocycles. The molecule has 1 aliphatic rings. The number of rotatable bonds is 6.